The van der Waals surface area contributed by atoms with E-state index in [0.29, 0.717) is 0 Å². The van der Waals surface area contributed by atoms with E-state index in [-0.39, 0.29) is 17.8 Å². The van der Waals surface area contributed by atoms with Gasteiger partial charge in [-0.3, -0.25) is 9.10 Å². The third-order valence-corrected chi connectivity index (χ3v) is 5.61. The molecule has 0 aliphatic carbocycles. The van der Waals surface area contributed by atoms with E-state index in [2.05, 4.69) is 10.5 Å². The van der Waals surface area contributed by atoms with Gasteiger partial charge in [0.05, 0.1) is 37.4 Å². The molecule has 0 unspecified atom stereocenters. The number of hydrogen-bond donors (Lipinski definition) is 1. The summed E-state index contributed by atoms with van der Waals surface area (Å²) in [6.45, 7) is 0.110. The van der Waals surface area contributed by atoms with Gasteiger partial charge in [0, 0.05) is 0 Å². The minimum atomic E-state index is -3.64. The minimum Gasteiger partial charge on any atom is -0.497 e. The Kier molecular flexibility index (Phi) is 7.04. The number of methoxy groups -OCH3 is 1. The van der Waals surface area contributed by atoms with E-state index in [1.54, 1.807) is 55.6 Å². The smallest absolute Gasteiger partial charge is 0.273 e. The molecule has 0 atom stereocenters. The van der Waals surface area contributed by atoms with Gasteiger partial charge in [-0.05, 0) is 47.5 Å². The summed E-state index contributed by atoms with van der Waals surface area (Å²) in [5, 5.41) is 3.99. The van der Waals surface area contributed by atoms with Crippen LogP contribution >= 0.6 is 0 Å². The van der Waals surface area contributed by atoms with Crippen LogP contribution in [0.15, 0.2) is 84.0 Å². The summed E-state index contributed by atoms with van der Waals surface area (Å²) >= 11 is 0. The van der Waals surface area contributed by atoms with E-state index in [9.17, 15) is 13.2 Å². The maximum atomic E-state index is 12.8. The van der Waals surface area contributed by atoms with Gasteiger partial charge in [-0.25, -0.2) is 13.8 Å². The molecule has 160 valence electrons. The molecule has 3 aromatic carbocycles. The highest BCUT2D eigenvalue weighted by Crippen LogP contribution is 2.25. The number of rotatable bonds is 8. The highest BCUT2D eigenvalue weighted by molar-refractivity contribution is 7.92. The van der Waals surface area contributed by atoms with E-state index in [1.165, 1.54) is 10.5 Å². The van der Waals surface area contributed by atoms with Crippen LogP contribution in [0.2, 0.25) is 0 Å². The van der Waals surface area contributed by atoms with Gasteiger partial charge in [-0.1, -0.05) is 42.5 Å². The number of anilines is 1. The van der Waals surface area contributed by atoms with Crippen molar-refractivity contribution in [1.29, 1.82) is 0 Å². The van der Waals surface area contributed by atoms with Gasteiger partial charge in [0.25, 0.3) is 5.91 Å². The summed E-state index contributed by atoms with van der Waals surface area (Å²) in [6.07, 6.45) is 2.62. The molecule has 1 amide bonds. The lowest BCUT2D eigenvalue weighted by atomic mass is 10.1. The lowest BCUT2D eigenvalue weighted by Crippen LogP contribution is -2.32. The van der Waals surface area contributed by atoms with Crippen molar-refractivity contribution in [1.82, 2.24) is 5.43 Å². The van der Waals surface area contributed by atoms with Crippen LogP contribution in [-0.4, -0.2) is 33.9 Å². The first kappa shape index (κ1) is 22.0. The lowest BCUT2D eigenvalue weighted by molar-refractivity contribution is 0.0956. The second-order valence-electron chi connectivity index (χ2n) is 6.74. The first-order valence-corrected chi connectivity index (χ1v) is 11.3. The molecule has 8 heteroatoms. The van der Waals surface area contributed by atoms with Crippen LogP contribution < -0.4 is 14.5 Å². The average molecular weight is 438 g/mol. The molecule has 1 N–H and O–H groups in total. The van der Waals surface area contributed by atoms with Crippen LogP contribution in [0.5, 0.6) is 5.75 Å². The number of nitrogens with zero attached hydrogens (tertiary/aromatic N) is 2. The van der Waals surface area contributed by atoms with Crippen LogP contribution in [0.3, 0.4) is 0 Å². The number of ether oxygens (including phenoxy) is 1. The van der Waals surface area contributed by atoms with Gasteiger partial charge >= 0.3 is 0 Å². The molecule has 0 saturated heterocycles. The molecule has 0 heterocycles. The number of amides is 1. The first-order chi connectivity index (χ1) is 14.9. The molecule has 0 saturated carbocycles. The van der Waals surface area contributed by atoms with Gasteiger partial charge in [-0.15, -0.1) is 0 Å². The van der Waals surface area contributed by atoms with Crippen molar-refractivity contribution in [3.05, 3.63) is 95.6 Å². The molecule has 7 nitrogen and oxygen atoms in total. The van der Waals surface area contributed by atoms with E-state index >= 15 is 0 Å². The summed E-state index contributed by atoms with van der Waals surface area (Å²) in [5.41, 5.74) is 4.53. The van der Waals surface area contributed by atoms with Crippen LogP contribution in [0.4, 0.5) is 5.69 Å². The predicted molar refractivity (Wildman–Crippen MR) is 122 cm³/mol. The number of hydrogen-bond acceptors (Lipinski definition) is 5. The summed E-state index contributed by atoms with van der Waals surface area (Å²) in [7, 11) is -2.06. The third-order valence-electron chi connectivity index (χ3n) is 4.48. The van der Waals surface area contributed by atoms with Crippen LogP contribution in [0.25, 0.3) is 0 Å². The number of sulfonamides is 1. The minimum absolute atomic E-state index is 0.110. The number of carbonyl (C=O) groups excluding carboxylic acids is 1. The highest BCUT2D eigenvalue weighted by atomic mass is 32.2. The highest BCUT2D eigenvalue weighted by Gasteiger charge is 2.23. The van der Waals surface area contributed by atoms with E-state index in [1.807, 2.05) is 30.3 Å². The predicted octanol–water partition coefficient (Wildman–Crippen LogP) is 3.43. The third kappa shape index (κ3) is 5.93. The number of benzene rings is 3. The fraction of sp³-hybridized carbons (Fsp3) is 0.130. The van der Waals surface area contributed by atoms with Crippen molar-refractivity contribution in [3.8, 4) is 5.75 Å². The summed E-state index contributed by atoms with van der Waals surface area (Å²) in [4.78, 5) is 12.8. The monoisotopic (exact) mass is 437 g/mol. The Morgan fingerprint density at radius 3 is 2.29 bits per heavy atom. The molecule has 3 rings (SSSR count). The van der Waals surface area contributed by atoms with E-state index in [0.717, 1.165) is 23.1 Å². The Morgan fingerprint density at radius 1 is 1.00 bits per heavy atom. The standard InChI is InChI=1S/C23H23N3O4S/c1-30-20-14-12-18(13-15-20)16-24-25-23(27)21-10-6-7-11-22(21)26(31(2,28)29)17-19-8-4-3-5-9-19/h3-16H,17H2,1-2H3,(H,25,27)/b24-16+. The van der Waals surface area contributed by atoms with Crippen LogP contribution in [-0.2, 0) is 16.6 Å². The molecular weight excluding hydrogens is 414 g/mol. The Balaban J connectivity index is 1.83. The quantitative estimate of drug-likeness (QED) is 0.432. The number of hydrazone groups is 1. The molecule has 0 fully saturated rings. The van der Waals surface area contributed by atoms with Crippen molar-refractivity contribution in [2.24, 2.45) is 5.10 Å². The van der Waals surface area contributed by atoms with Crippen molar-refractivity contribution < 1.29 is 17.9 Å². The molecule has 0 spiro atoms. The Labute approximate surface area is 182 Å². The zero-order chi connectivity index (χ0) is 22.3. The van der Waals surface area contributed by atoms with E-state index in [4.69, 9.17) is 4.74 Å². The fourth-order valence-electron chi connectivity index (χ4n) is 2.93. The normalized spacial score (nSPS) is 11.3. The SMILES string of the molecule is COc1ccc(/C=N/NC(=O)c2ccccc2N(Cc2ccccc2)S(C)(=O)=O)cc1. The molecule has 31 heavy (non-hydrogen) atoms. The zero-order valence-corrected chi connectivity index (χ0v) is 18.0. The topological polar surface area (TPSA) is 88.1 Å². The van der Waals surface area contributed by atoms with Crippen molar-refractivity contribution in [2.45, 2.75) is 6.54 Å². The maximum Gasteiger partial charge on any atom is 0.273 e. The molecule has 0 aliphatic heterocycles. The summed E-state index contributed by atoms with van der Waals surface area (Å²) in [6, 6.07) is 22.9. The summed E-state index contributed by atoms with van der Waals surface area (Å²) < 4.78 is 31.4. The van der Waals surface area contributed by atoms with Gasteiger partial charge in [0.15, 0.2) is 0 Å². The molecule has 3 aromatic rings. The van der Waals surface area contributed by atoms with Gasteiger partial charge < -0.3 is 4.74 Å². The molecule has 0 bridgehead atoms. The molecular formula is C23H23N3O4S. The number of nitrogens with one attached hydrogen (secondary N) is 1. The second-order valence-corrected chi connectivity index (χ2v) is 8.65. The number of carbonyl (C=O) groups is 1. The average Bonchev–Trinajstić information content (AvgIpc) is 2.78. The molecule has 0 aliphatic rings. The molecule has 0 aromatic heterocycles. The van der Waals surface area contributed by atoms with E-state index < -0.39 is 15.9 Å². The largest absolute Gasteiger partial charge is 0.497 e. The molecule has 0 radical (unpaired) electrons. The maximum absolute atomic E-state index is 12.8. The Hall–Kier alpha value is -3.65. The van der Waals surface area contributed by atoms with Crippen molar-refractivity contribution >= 4 is 27.8 Å². The van der Waals surface area contributed by atoms with Crippen LogP contribution in [0.1, 0.15) is 21.5 Å². The number of para-hydroxylation sites is 1. The van der Waals surface area contributed by atoms with Gasteiger partial charge in [-0.2, -0.15) is 5.10 Å². The Morgan fingerprint density at radius 2 is 1.65 bits per heavy atom. The first-order valence-electron chi connectivity index (χ1n) is 9.46. The van der Waals surface area contributed by atoms with Crippen LogP contribution in [0, 0.1) is 0 Å². The fourth-order valence-corrected chi connectivity index (χ4v) is 3.83. The van der Waals surface area contributed by atoms with Gasteiger partial charge in [0.2, 0.25) is 10.0 Å². The van der Waals surface area contributed by atoms with Gasteiger partial charge in [0.1, 0.15) is 5.75 Å². The van der Waals surface area contributed by atoms with Crippen molar-refractivity contribution in [3.63, 3.8) is 0 Å². The second kappa shape index (κ2) is 9.90. The van der Waals surface area contributed by atoms with Crippen molar-refractivity contribution in [2.75, 3.05) is 17.7 Å². The lowest BCUT2D eigenvalue weighted by Gasteiger charge is -2.24. The zero-order valence-electron chi connectivity index (χ0n) is 17.2. The summed E-state index contributed by atoms with van der Waals surface area (Å²) in [5.74, 6) is 0.205. The Bertz CT molecular complexity index is 1160.